The monoisotopic (exact) mass is 370 g/mol. The topological polar surface area (TPSA) is 76.0 Å². The van der Waals surface area contributed by atoms with Crippen molar-refractivity contribution in [2.45, 2.75) is 31.3 Å². The fourth-order valence-corrected chi connectivity index (χ4v) is 2.77. The fourth-order valence-electron chi connectivity index (χ4n) is 2.17. The number of nitrogens with zero attached hydrogens (tertiary/aromatic N) is 2. The molecule has 2 amide bonds. The van der Waals surface area contributed by atoms with Crippen LogP contribution in [-0.2, 0) is 16.1 Å². The Morgan fingerprint density at radius 3 is 2.56 bits per heavy atom. The molecule has 2 aromatic rings. The van der Waals surface area contributed by atoms with Gasteiger partial charge in [-0.15, -0.1) is 0 Å². The molecule has 0 bridgehead atoms. The molecule has 9 heteroatoms. The van der Waals surface area contributed by atoms with E-state index in [1.54, 1.807) is 38.1 Å². The van der Waals surface area contributed by atoms with Crippen LogP contribution in [0.2, 0.25) is 0 Å². The number of hydrogen-bond acceptors (Lipinski definition) is 4. The molecule has 0 saturated carbocycles. The number of alkyl halides is 2. The Morgan fingerprint density at radius 1 is 1.20 bits per heavy atom. The lowest BCUT2D eigenvalue weighted by molar-refractivity contribution is -0.125. The Kier molecular flexibility index (Phi) is 6.74. The van der Waals surface area contributed by atoms with Gasteiger partial charge in [-0.25, -0.2) is 4.98 Å². The van der Waals surface area contributed by atoms with E-state index in [1.807, 2.05) is 0 Å². The van der Waals surface area contributed by atoms with E-state index in [0.29, 0.717) is 29.3 Å². The third-order valence-electron chi connectivity index (χ3n) is 3.39. The highest BCUT2D eigenvalue weighted by Gasteiger charge is 2.17. The molecule has 0 radical (unpaired) electrons. The van der Waals surface area contributed by atoms with Gasteiger partial charge in [-0.05, 0) is 23.9 Å². The first-order valence-corrected chi connectivity index (χ1v) is 8.71. The number of thioether (sulfide) groups is 1. The van der Waals surface area contributed by atoms with Crippen molar-refractivity contribution in [2.75, 3.05) is 13.1 Å². The highest BCUT2D eigenvalue weighted by atomic mass is 32.2. The van der Waals surface area contributed by atoms with Crippen LogP contribution < -0.4 is 10.6 Å². The number of fused-ring (bicyclic) bond motifs is 1. The smallest absolute Gasteiger partial charge is 0.291 e. The summed E-state index contributed by atoms with van der Waals surface area (Å²) < 4.78 is 26.9. The maximum Gasteiger partial charge on any atom is 0.291 e. The van der Waals surface area contributed by atoms with E-state index < -0.39 is 5.76 Å². The molecule has 0 aliphatic carbocycles. The maximum absolute atomic E-state index is 12.7. The van der Waals surface area contributed by atoms with E-state index in [2.05, 4.69) is 15.6 Å². The van der Waals surface area contributed by atoms with Gasteiger partial charge in [0.1, 0.15) is 6.54 Å². The number of carbonyl (C=O) groups excluding carboxylic acids is 2. The third-order valence-corrected chi connectivity index (χ3v) is 4.09. The Bertz CT molecular complexity index is 749. The second-order valence-corrected chi connectivity index (χ2v) is 6.60. The van der Waals surface area contributed by atoms with Crippen molar-refractivity contribution in [1.29, 1.82) is 0 Å². The number of imidazole rings is 1. The van der Waals surface area contributed by atoms with Gasteiger partial charge >= 0.3 is 0 Å². The highest BCUT2D eigenvalue weighted by Crippen LogP contribution is 2.28. The summed E-state index contributed by atoms with van der Waals surface area (Å²) in [7, 11) is 0. The molecule has 0 aliphatic heterocycles. The summed E-state index contributed by atoms with van der Waals surface area (Å²) in [6.45, 7) is 4.02. The summed E-state index contributed by atoms with van der Waals surface area (Å²) in [5, 5.41) is 5.45. The molecule has 2 rings (SSSR count). The van der Waals surface area contributed by atoms with E-state index in [4.69, 9.17) is 0 Å². The Hall–Kier alpha value is -2.16. The van der Waals surface area contributed by atoms with Gasteiger partial charge < -0.3 is 15.2 Å². The summed E-state index contributed by atoms with van der Waals surface area (Å²) >= 11 is 0.310. The first kappa shape index (κ1) is 19.2. The normalized spacial score (nSPS) is 11.3. The van der Waals surface area contributed by atoms with Crippen molar-refractivity contribution < 1.29 is 18.4 Å². The number of aromatic nitrogens is 2. The molecule has 6 nitrogen and oxygen atoms in total. The number of carbonyl (C=O) groups is 2. The molecule has 1 heterocycles. The van der Waals surface area contributed by atoms with E-state index >= 15 is 0 Å². The van der Waals surface area contributed by atoms with Crippen LogP contribution in [0.25, 0.3) is 11.0 Å². The van der Waals surface area contributed by atoms with Crippen LogP contribution in [0.4, 0.5) is 8.78 Å². The minimum Gasteiger partial charge on any atom is -0.354 e. The molecule has 136 valence electrons. The molecule has 25 heavy (non-hydrogen) atoms. The number of halogens is 2. The van der Waals surface area contributed by atoms with Gasteiger partial charge in [0.2, 0.25) is 11.8 Å². The Labute approximate surface area is 148 Å². The number of rotatable bonds is 8. The van der Waals surface area contributed by atoms with Crippen LogP contribution in [-0.4, -0.2) is 40.2 Å². The molecular formula is C16H20F2N4O2S. The van der Waals surface area contributed by atoms with Gasteiger partial charge in [0.05, 0.1) is 11.0 Å². The Balaban J connectivity index is 1.98. The summed E-state index contributed by atoms with van der Waals surface area (Å²) in [5.41, 5.74) is 1.18. The van der Waals surface area contributed by atoms with Gasteiger partial charge in [0.15, 0.2) is 5.16 Å². The fraction of sp³-hybridized carbons (Fsp3) is 0.438. The SMILES string of the molecule is CC(C)C(=O)NCCNC(=O)Cn1c(SC(F)F)nc2ccccc21. The molecule has 0 atom stereocenters. The zero-order valence-corrected chi connectivity index (χ0v) is 14.8. The van der Waals surface area contributed by atoms with Crippen molar-refractivity contribution in [3.8, 4) is 0 Å². The summed E-state index contributed by atoms with van der Waals surface area (Å²) in [4.78, 5) is 27.7. The summed E-state index contributed by atoms with van der Waals surface area (Å²) in [6, 6.07) is 6.96. The van der Waals surface area contributed by atoms with E-state index in [1.165, 1.54) is 4.57 Å². The molecule has 1 aromatic heterocycles. The molecule has 0 aliphatic rings. The minimum absolute atomic E-state index is 0.0922. The molecule has 0 unspecified atom stereocenters. The molecule has 0 saturated heterocycles. The van der Waals surface area contributed by atoms with Crippen LogP contribution in [0.5, 0.6) is 0 Å². The predicted octanol–water partition coefficient (Wildman–Crippen LogP) is 2.24. The largest absolute Gasteiger partial charge is 0.354 e. The van der Waals surface area contributed by atoms with Gasteiger partial charge in [-0.1, -0.05) is 26.0 Å². The number of amides is 2. The number of hydrogen-bond donors (Lipinski definition) is 2. The lowest BCUT2D eigenvalue weighted by atomic mass is 10.2. The Morgan fingerprint density at radius 2 is 1.88 bits per heavy atom. The van der Waals surface area contributed by atoms with E-state index in [0.717, 1.165) is 0 Å². The third kappa shape index (κ3) is 5.42. The van der Waals surface area contributed by atoms with Crippen LogP contribution in [0.1, 0.15) is 13.8 Å². The van der Waals surface area contributed by atoms with Crippen molar-refractivity contribution in [1.82, 2.24) is 20.2 Å². The summed E-state index contributed by atoms with van der Waals surface area (Å²) in [5.74, 6) is -3.17. The van der Waals surface area contributed by atoms with E-state index in [9.17, 15) is 18.4 Å². The predicted molar refractivity (Wildman–Crippen MR) is 92.5 cm³/mol. The number of benzene rings is 1. The van der Waals surface area contributed by atoms with Gasteiger partial charge in [-0.3, -0.25) is 9.59 Å². The average molecular weight is 370 g/mol. The van der Waals surface area contributed by atoms with Crippen LogP contribution in [0.3, 0.4) is 0 Å². The lowest BCUT2D eigenvalue weighted by Crippen LogP contribution is -2.37. The van der Waals surface area contributed by atoms with E-state index in [-0.39, 0.29) is 36.0 Å². The molecule has 0 spiro atoms. The maximum atomic E-state index is 12.7. The zero-order valence-electron chi connectivity index (χ0n) is 14.0. The van der Waals surface area contributed by atoms with Crippen molar-refractivity contribution in [3.05, 3.63) is 24.3 Å². The zero-order chi connectivity index (χ0) is 18.4. The van der Waals surface area contributed by atoms with Crippen LogP contribution in [0.15, 0.2) is 29.4 Å². The van der Waals surface area contributed by atoms with Gasteiger partial charge in [0, 0.05) is 19.0 Å². The van der Waals surface area contributed by atoms with Crippen molar-refractivity contribution in [2.24, 2.45) is 5.92 Å². The molecule has 1 aromatic carbocycles. The average Bonchev–Trinajstić information content (AvgIpc) is 2.88. The first-order chi connectivity index (χ1) is 11.9. The van der Waals surface area contributed by atoms with Crippen molar-refractivity contribution in [3.63, 3.8) is 0 Å². The second kappa shape index (κ2) is 8.80. The summed E-state index contributed by atoms with van der Waals surface area (Å²) in [6.07, 6.45) is 0. The minimum atomic E-state index is -2.62. The highest BCUT2D eigenvalue weighted by molar-refractivity contribution is 7.99. The van der Waals surface area contributed by atoms with Crippen LogP contribution >= 0.6 is 11.8 Å². The quantitative estimate of drug-likeness (QED) is 0.552. The molecule has 0 fully saturated rings. The van der Waals surface area contributed by atoms with Gasteiger partial charge in [0.25, 0.3) is 5.76 Å². The molecular weight excluding hydrogens is 350 g/mol. The molecule has 2 N–H and O–H groups in total. The number of nitrogens with one attached hydrogen (secondary N) is 2. The lowest BCUT2D eigenvalue weighted by Gasteiger charge is -2.11. The van der Waals surface area contributed by atoms with Gasteiger partial charge in [-0.2, -0.15) is 8.78 Å². The van der Waals surface area contributed by atoms with Crippen molar-refractivity contribution >= 4 is 34.6 Å². The standard InChI is InChI=1S/C16H20F2N4O2S/c1-10(2)14(24)20-8-7-19-13(23)9-22-12-6-4-3-5-11(12)21-16(22)25-15(17)18/h3-6,10,15H,7-9H2,1-2H3,(H,19,23)(H,20,24). The van der Waals surface area contributed by atoms with Crippen LogP contribution in [0, 0.1) is 5.92 Å². The number of para-hydroxylation sites is 2. The first-order valence-electron chi connectivity index (χ1n) is 7.83. The second-order valence-electron chi connectivity index (χ2n) is 5.64.